The first kappa shape index (κ1) is 10.0. The molecule has 0 aromatic heterocycles. The molecule has 0 bridgehead atoms. The van der Waals surface area contributed by atoms with Crippen LogP contribution in [0.5, 0.6) is 0 Å². The molecule has 1 aromatic rings. The summed E-state index contributed by atoms with van der Waals surface area (Å²) in [4.78, 5) is 0. The summed E-state index contributed by atoms with van der Waals surface area (Å²) in [6.45, 7) is 3.63. The molecule has 0 heterocycles. The van der Waals surface area contributed by atoms with Crippen LogP contribution in [0.25, 0.3) is 6.08 Å². The largest absolute Gasteiger partial charge is 1.00 e. The van der Waals surface area contributed by atoms with Crippen molar-refractivity contribution in [1.29, 1.82) is 0 Å². The van der Waals surface area contributed by atoms with Crippen molar-refractivity contribution in [2.24, 2.45) is 0 Å². The van der Waals surface area contributed by atoms with Crippen LogP contribution in [0.1, 0.15) is 6.99 Å². The molecule has 0 nitrogen and oxygen atoms in total. The predicted octanol–water partition coefficient (Wildman–Crippen LogP) is -0.554. The first-order valence-electron chi connectivity index (χ1n) is 2.61. The van der Waals surface area contributed by atoms with E-state index in [1.54, 1.807) is 0 Å². The fourth-order valence-electron chi connectivity index (χ4n) is 0.589. The molecule has 0 radical (unpaired) electrons. The van der Waals surface area contributed by atoms with Crippen molar-refractivity contribution in [2.75, 3.05) is 0 Å². The standard InChI is InChI=1S/C8H8.Cs.H/c1-2-8-6-4-3-5-7-8;;/h2-7H,1H2;;/q;+1;-1. The molecule has 0 atom stereocenters. The van der Waals surface area contributed by atoms with Crippen LogP contribution in [0.4, 0.5) is 0 Å². The smallest absolute Gasteiger partial charge is 1.00 e. The van der Waals surface area contributed by atoms with Gasteiger partial charge in [0.25, 0.3) is 0 Å². The van der Waals surface area contributed by atoms with Crippen LogP contribution in [0.15, 0.2) is 36.9 Å². The van der Waals surface area contributed by atoms with Gasteiger partial charge in [-0.05, 0) is 5.56 Å². The molecule has 0 unspecified atom stereocenters. The van der Waals surface area contributed by atoms with Crippen molar-refractivity contribution in [1.82, 2.24) is 0 Å². The minimum atomic E-state index is 0. The predicted molar refractivity (Wildman–Crippen MR) is 37.6 cm³/mol. The molecule has 1 aromatic carbocycles. The van der Waals surface area contributed by atoms with Crippen molar-refractivity contribution >= 4 is 6.08 Å². The van der Waals surface area contributed by atoms with E-state index in [9.17, 15) is 0 Å². The molecule has 0 N–H and O–H groups in total. The Hall–Kier alpha value is 1.01. The first-order valence-corrected chi connectivity index (χ1v) is 2.61. The molecule has 0 aliphatic rings. The second kappa shape index (κ2) is 5.77. The van der Waals surface area contributed by atoms with Crippen molar-refractivity contribution in [3.8, 4) is 0 Å². The third-order valence-electron chi connectivity index (χ3n) is 1.04. The van der Waals surface area contributed by atoms with Gasteiger partial charge in [0.2, 0.25) is 0 Å². The van der Waals surface area contributed by atoms with E-state index in [1.165, 1.54) is 5.56 Å². The van der Waals surface area contributed by atoms with Crippen molar-refractivity contribution in [3.63, 3.8) is 0 Å². The van der Waals surface area contributed by atoms with E-state index in [0.717, 1.165) is 0 Å². The molecular weight excluding hydrogens is 229 g/mol. The number of hydrogen-bond donors (Lipinski definition) is 0. The summed E-state index contributed by atoms with van der Waals surface area (Å²) in [5.74, 6) is 0. The summed E-state index contributed by atoms with van der Waals surface area (Å²) in [7, 11) is 0. The maximum absolute atomic E-state index is 3.63. The van der Waals surface area contributed by atoms with Gasteiger partial charge in [-0.15, -0.1) is 0 Å². The van der Waals surface area contributed by atoms with E-state index in [1.807, 2.05) is 36.4 Å². The van der Waals surface area contributed by atoms with Gasteiger partial charge in [-0.25, -0.2) is 0 Å². The number of rotatable bonds is 1. The zero-order chi connectivity index (χ0) is 5.82. The molecule has 0 fully saturated rings. The van der Waals surface area contributed by atoms with Crippen LogP contribution in [0, 0.1) is 0 Å². The second-order valence-corrected chi connectivity index (χ2v) is 1.61. The Kier molecular flexibility index (Phi) is 6.42. The summed E-state index contributed by atoms with van der Waals surface area (Å²) in [5, 5.41) is 0. The molecule has 9 heavy (non-hydrogen) atoms. The Labute approximate surface area is 116 Å². The molecular formula is C8H9Cs. The van der Waals surface area contributed by atoms with Gasteiger partial charge in [-0.2, -0.15) is 0 Å². The van der Waals surface area contributed by atoms with Crippen LogP contribution in [-0.2, 0) is 0 Å². The van der Waals surface area contributed by atoms with Crippen LogP contribution < -0.4 is 68.9 Å². The fourth-order valence-corrected chi connectivity index (χ4v) is 0.589. The minimum Gasteiger partial charge on any atom is -1.00 e. The molecule has 0 spiro atoms. The summed E-state index contributed by atoms with van der Waals surface area (Å²) >= 11 is 0. The van der Waals surface area contributed by atoms with E-state index < -0.39 is 0 Å². The molecule has 0 saturated heterocycles. The molecule has 0 amide bonds. The average molecular weight is 238 g/mol. The van der Waals surface area contributed by atoms with Crippen molar-refractivity contribution in [3.05, 3.63) is 42.5 Å². The summed E-state index contributed by atoms with van der Waals surface area (Å²) in [6, 6.07) is 10.0. The van der Waals surface area contributed by atoms with Gasteiger partial charge in [0.15, 0.2) is 0 Å². The minimum absolute atomic E-state index is 0. The van der Waals surface area contributed by atoms with E-state index >= 15 is 0 Å². The van der Waals surface area contributed by atoms with Gasteiger partial charge < -0.3 is 1.43 Å². The number of benzene rings is 1. The van der Waals surface area contributed by atoms with Gasteiger partial charge >= 0.3 is 68.9 Å². The molecule has 1 heteroatoms. The summed E-state index contributed by atoms with van der Waals surface area (Å²) in [5.41, 5.74) is 1.17. The Morgan fingerprint density at radius 1 is 1.22 bits per heavy atom. The average Bonchev–Trinajstić information content (AvgIpc) is 1.90. The molecule has 0 aliphatic carbocycles. The maximum Gasteiger partial charge on any atom is 1.00 e. The molecule has 1 rings (SSSR count). The second-order valence-electron chi connectivity index (χ2n) is 1.61. The molecule has 42 valence electrons. The first-order chi connectivity index (χ1) is 3.93. The van der Waals surface area contributed by atoms with Crippen molar-refractivity contribution < 1.29 is 70.3 Å². The normalized spacial score (nSPS) is 7.56. The Morgan fingerprint density at radius 3 is 2.11 bits per heavy atom. The molecule has 0 aliphatic heterocycles. The van der Waals surface area contributed by atoms with Gasteiger partial charge in [-0.3, -0.25) is 0 Å². The quantitative estimate of drug-likeness (QED) is 0.615. The van der Waals surface area contributed by atoms with Gasteiger partial charge in [0.1, 0.15) is 0 Å². The van der Waals surface area contributed by atoms with Crippen LogP contribution in [0.3, 0.4) is 0 Å². The van der Waals surface area contributed by atoms with Gasteiger partial charge in [0.05, 0.1) is 0 Å². The summed E-state index contributed by atoms with van der Waals surface area (Å²) < 4.78 is 0. The summed E-state index contributed by atoms with van der Waals surface area (Å²) in [6.07, 6.45) is 1.83. The van der Waals surface area contributed by atoms with Crippen molar-refractivity contribution in [2.45, 2.75) is 0 Å². The van der Waals surface area contributed by atoms with E-state index in [0.29, 0.717) is 0 Å². The van der Waals surface area contributed by atoms with Crippen LogP contribution in [-0.4, -0.2) is 0 Å². The molecule has 0 saturated carbocycles. The maximum atomic E-state index is 3.63. The van der Waals surface area contributed by atoms with Gasteiger partial charge in [0, 0.05) is 0 Å². The van der Waals surface area contributed by atoms with Crippen LogP contribution >= 0.6 is 0 Å². The fraction of sp³-hybridized carbons (Fsp3) is 0. The number of hydrogen-bond acceptors (Lipinski definition) is 0. The van der Waals surface area contributed by atoms with Gasteiger partial charge in [-0.1, -0.05) is 43.0 Å². The zero-order valence-electron chi connectivity index (χ0n) is 6.67. The third kappa shape index (κ3) is 3.65. The Bertz CT molecular complexity index is 172. The van der Waals surface area contributed by atoms with E-state index in [2.05, 4.69) is 6.58 Å². The zero-order valence-corrected chi connectivity index (χ0v) is 12.0. The topological polar surface area (TPSA) is 0 Å². The van der Waals surface area contributed by atoms with Crippen LogP contribution in [0.2, 0.25) is 0 Å². The third-order valence-corrected chi connectivity index (χ3v) is 1.04. The Balaban J connectivity index is 0. The SMILES string of the molecule is C=Cc1ccccc1.[Cs+].[H-]. The van der Waals surface area contributed by atoms with E-state index in [4.69, 9.17) is 0 Å². The van der Waals surface area contributed by atoms with E-state index in [-0.39, 0.29) is 70.3 Å². The Morgan fingerprint density at radius 2 is 1.78 bits per heavy atom. The monoisotopic (exact) mass is 238 g/mol.